The van der Waals surface area contributed by atoms with Crippen LogP contribution in [0.4, 0.5) is 0 Å². The van der Waals surface area contributed by atoms with Gasteiger partial charge in [-0.05, 0) is 50.3 Å². The van der Waals surface area contributed by atoms with Crippen LogP contribution in [0, 0.1) is 5.89 Å². The van der Waals surface area contributed by atoms with Crippen LogP contribution in [0.25, 0.3) is 0 Å². The van der Waals surface area contributed by atoms with Gasteiger partial charge in [-0.3, -0.25) is 4.79 Å². The highest BCUT2D eigenvalue weighted by atomic mass is 16.5. The maximum atomic E-state index is 12.9. The van der Waals surface area contributed by atoms with Gasteiger partial charge < -0.3 is 14.4 Å². The minimum Gasteiger partial charge on any atom is -0.493 e. The third kappa shape index (κ3) is 1.27. The lowest BCUT2D eigenvalue weighted by molar-refractivity contribution is -0.138. The van der Waals surface area contributed by atoms with Gasteiger partial charge in [0.15, 0.2) is 23.4 Å². The van der Waals surface area contributed by atoms with E-state index in [9.17, 15) is 6.17 Å². The van der Waals surface area contributed by atoms with Gasteiger partial charge in [-0.25, -0.2) is 0 Å². The molecule has 4 aliphatic rings. The summed E-state index contributed by atoms with van der Waals surface area (Å²) in [6.07, 6.45) is -0.996. The van der Waals surface area contributed by atoms with Crippen molar-refractivity contribution in [3.8, 4) is 11.5 Å². The number of methoxy groups -OCH3 is 1. The molecule has 0 radical (unpaired) electrons. The molecule has 4 heteroatoms. The zero-order valence-electron chi connectivity index (χ0n) is 17.4. The van der Waals surface area contributed by atoms with Crippen LogP contribution in [-0.4, -0.2) is 43.4 Å². The summed E-state index contributed by atoms with van der Waals surface area (Å²) < 4.78 is 53.8. The van der Waals surface area contributed by atoms with Gasteiger partial charge in [-0.2, -0.15) is 0 Å². The third-order valence-electron chi connectivity index (χ3n) is 5.79. The number of piperidine rings is 1. The molecule has 1 aromatic carbocycles. The number of carbonyl (C=O) groups is 1. The van der Waals surface area contributed by atoms with Crippen LogP contribution in [0.3, 0.4) is 0 Å². The van der Waals surface area contributed by atoms with Crippen molar-refractivity contribution in [1.82, 2.24) is 4.90 Å². The first kappa shape index (κ1) is 8.92. The Morgan fingerprint density at radius 3 is 3.27 bits per heavy atom. The highest BCUT2D eigenvalue weighted by Crippen LogP contribution is 2.62. The monoisotopic (exact) mass is 304 g/mol. The Balaban J connectivity index is 1.84. The Labute approximate surface area is 137 Å². The van der Waals surface area contributed by atoms with E-state index in [1.807, 2.05) is 6.07 Å². The topological polar surface area (TPSA) is 38.8 Å². The smallest absolute Gasteiger partial charge is 0.174 e. The fraction of sp³-hybridized carbons (Fsp3) is 0.611. The highest BCUT2D eigenvalue weighted by Gasteiger charge is 2.65. The van der Waals surface area contributed by atoms with Gasteiger partial charge >= 0.3 is 0 Å². The fourth-order valence-electron chi connectivity index (χ4n) is 4.91. The zero-order chi connectivity index (χ0) is 19.4. The summed E-state index contributed by atoms with van der Waals surface area (Å²) in [7, 11) is 1.51. The molecule has 2 bridgehead atoms. The number of rotatable bonds is 1. The van der Waals surface area contributed by atoms with Crippen molar-refractivity contribution in [2.24, 2.45) is 5.89 Å². The third-order valence-corrected chi connectivity index (χ3v) is 5.79. The second-order valence-electron chi connectivity index (χ2n) is 6.58. The van der Waals surface area contributed by atoms with Gasteiger partial charge in [0.2, 0.25) is 0 Å². The van der Waals surface area contributed by atoms with E-state index in [2.05, 4.69) is 0 Å². The van der Waals surface area contributed by atoms with Gasteiger partial charge in [0, 0.05) is 28.9 Å². The summed E-state index contributed by atoms with van der Waals surface area (Å²) in [4.78, 5) is 14.3. The van der Waals surface area contributed by atoms with Crippen LogP contribution in [0.1, 0.15) is 37.2 Å². The van der Waals surface area contributed by atoms with Crippen LogP contribution < -0.4 is 9.47 Å². The molecule has 1 spiro atoms. The first-order valence-corrected chi connectivity index (χ1v) is 7.79. The average Bonchev–Trinajstić information content (AvgIpc) is 2.86. The number of nitrogens with zero attached hydrogens (tertiary/aromatic N) is 1. The number of ketones is 1. The van der Waals surface area contributed by atoms with Gasteiger partial charge in [0.05, 0.1) is 8.48 Å². The van der Waals surface area contributed by atoms with E-state index in [0.29, 0.717) is 17.9 Å². The van der Waals surface area contributed by atoms with E-state index in [1.165, 1.54) is 12.0 Å². The van der Waals surface area contributed by atoms with Crippen molar-refractivity contribution in [3.05, 3.63) is 23.3 Å². The predicted molar refractivity (Wildman–Crippen MR) is 81.6 cm³/mol. The molecule has 1 saturated carbocycles. The number of Topliss-reactive ketones (excluding diaryl/α,β-unsaturated/α-hetero) is 1. The summed E-state index contributed by atoms with van der Waals surface area (Å²) in [6, 6.07) is 3.01. The number of likely N-dealkylation sites (tertiary alicyclic amines) is 1. The summed E-state index contributed by atoms with van der Waals surface area (Å²) in [6.45, 7) is -2.12. The molecule has 5 rings (SSSR count). The zero-order valence-corrected chi connectivity index (χ0v) is 12.4. The molecule has 1 saturated heterocycles. The molecule has 0 amide bonds. The molecule has 0 N–H and O–H groups in total. The number of benzene rings is 1. The molecule has 22 heavy (non-hydrogen) atoms. The van der Waals surface area contributed by atoms with E-state index >= 15 is 0 Å². The van der Waals surface area contributed by atoms with Gasteiger partial charge in [-0.1, -0.05) is 6.07 Å². The van der Waals surface area contributed by atoms with Crippen molar-refractivity contribution in [2.75, 3.05) is 20.6 Å². The van der Waals surface area contributed by atoms with E-state index in [4.69, 9.17) is 15.0 Å². The Bertz CT molecular complexity index is 873. The van der Waals surface area contributed by atoms with Gasteiger partial charge in [-0.15, -0.1) is 0 Å². The molecule has 4 atom stereocenters. The predicted octanol–water partition coefficient (Wildman–Crippen LogP) is 1.93. The largest absolute Gasteiger partial charge is 0.493 e. The summed E-state index contributed by atoms with van der Waals surface area (Å²) in [5.74, 6) is -0.772. The second kappa shape index (κ2) is 4.05. The molecule has 4 nitrogen and oxygen atoms in total. The molecule has 116 valence electrons. The van der Waals surface area contributed by atoms with E-state index in [1.54, 1.807) is 6.07 Å². The van der Waals surface area contributed by atoms with Crippen LogP contribution in [0.15, 0.2) is 12.1 Å². The minimum atomic E-state index is -2.32. The first-order valence-electron chi connectivity index (χ1n) is 10.3. The highest BCUT2D eigenvalue weighted by molar-refractivity contribution is 5.89. The lowest BCUT2D eigenvalue weighted by atomic mass is 9.52. The standard InChI is InChI=1S/C18H21NO3/c1-19-8-7-18-11-4-5-13(20)17(18)22-16-14(21-2)6-3-10(15(16)18)9-12(11)19/h3,6,11-12,17H,4-5,7-9H2,1-2H3/t11-,12+,17?,18-/m0/s1/i1D3,11D,17D. The van der Waals surface area contributed by atoms with Crippen LogP contribution >= 0.6 is 0 Å². The van der Waals surface area contributed by atoms with Gasteiger partial charge in [0.25, 0.3) is 0 Å². The summed E-state index contributed by atoms with van der Waals surface area (Å²) in [5.41, 5.74) is 0.414. The van der Waals surface area contributed by atoms with E-state index < -0.39 is 30.4 Å². The van der Waals surface area contributed by atoms with Crippen molar-refractivity contribution in [3.63, 3.8) is 0 Å². The van der Waals surface area contributed by atoms with Crippen LogP contribution in [0.5, 0.6) is 11.5 Å². The Hall–Kier alpha value is -1.55. The van der Waals surface area contributed by atoms with Crippen molar-refractivity contribution in [1.29, 1.82) is 0 Å². The molecule has 2 aliphatic heterocycles. The van der Waals surface area contributed by atoms with Crippen molar-refractivity contribution in [2.45, 2.75) is 43.2 Å². The molecule has 1 unspecified atom stereocenters. The van der Waals surface area contributed by atoms with E-state index in [0.717, 1.165) is 11.1 Å². The first-order chi connectivity index (χ1) is 12.6. The lowest BCUT2D eigenvalue weighted by Crippen LogP contribution is -2.65. The normalized spacial score (nSPS) is 49.0. The molecule has 2 heterocycles. The van der Waals surface area contributed by atoms with Crippen LogP contribution in [0.2, 0.25) is 0 Å². The minimum absolute atomic E-state index is 0.0473. The van der Waals surface area contributed by atoms with Crippen LogP contribution in [-0.2, 0) is 16.6 Å². The van der Waals surface area contributed by atoms with Gasteiger partial charge in [0.1, 0.15) is 0 Å². The molecule has 2 fully saturated rings. The molecule has 1 aromatic rings. The van der Waals surface area contributed by atoms with E-state index in [-0.39, 0.29) is 31.6 Å². The number of hydrogen-bond donors (Lipinski definition) is 0. The summed E-state index contributed by atoms with van der Waals surface area (Å²) >= 11 is 0. The maximum Gasteiger partial charge on any atom is 0.174 e. The quantitative estimate of drug-likeness (QED) is 0.795. The van der Waals surface area contributed by atoms with Crippen molar-refractivity contribution < 1.29 is 21.1 Å². The maximum absolute atomic E-state index is 12.9. The Morgan fingerprint density at radius 1 is 1.55 bits per heavy atom. The fourth-order valence-corrected chi connectivity index (χ4v) is 4.91. The Kier molecular flexibility index (Phi) is 1.64. The average molecular weight is 304 g/mol. The molecule has 2 aliphatic carbocycles. The second-order valence-corrected chi connectivity index (χ2v) is 6.58. The molecular formula is C18H21NO3. The number of carbonyl (C=O) groups excluding carboxylic acids is 1. The number of ether oxygens (including phenoxy) is 2. The number of likely N-dealkylation sites (N-methyl/N-ethyl adjacent to an activating group) is 1. The molecular weight excluding hydrogens is 278 g/mol. The van der Waals surface area contributed by atoms with Crippen molar-refractivity contribution >= 4 is 5.78 Å². The SMILES string of the molecule is [2H]C([2H])([2H])N1CC[C@]23c4c5ccc(OC)c4OC2([2H])C(=O)CC[C@@]3([2H])[C@H]1C5. The molecule has 0 aromatic heterocycles. The Morgan fingerprint density at radius 2 is 2.45 bits per heavy atom. The summed E-state index contributed by atoms with van der Waals surface area (Å²) in [5, 5.41) is 0. The number of hydrogen-bond acceptors (Lipinski definition) is 4. The lowest BCUT2D eigenvalue weighted by Gasteiger charge is -2.57.